The van der Waals surface area contributed by atoms with Gasteiger partial charge in [0.05, 0.1) is 36.6 Å². The number of aromatic nitrogens is 2. The van der Waals surface area contributed by atoms with E-state index in [0.29, 0.717) is 56.4 Å². The Morgan fingerprint density at radius 2 is 1.93 bits per heavy atom. The SMILES string of the molecule is N/C(=C1/CCC[C@@]2(SCCCC2=O)C1=O)c1nc(Cl)c2c(n1)[C@@]1(CCOC1)COC2. The maximum atomic E-state index is 13.4. The van der Waals surface area contributed by atoms with E-state index in [4.69, 9.17) is 31.8 Å². The second-order valence-corrected chi connectivity index (χ2v) is 10.3. The van der Waals surface area contributed by atoms with E-state index in [1.807, 2.05) is 0 Å². The third-order valence-electron chi connectivity index (χ3n) is 6.70. The van der Waals surface area contributed by atoms with Crippen molar-refractivity contribution in [3.05, 3.63) is 27.8 Å². The summed E-state index contributed by atoms with van der Waals surface area (Å²) in [5.41, 5.74) is 8.40. The number of halogens is 1. The molecule has 0 bridgehead atoms. The van der Waals surface area contributed by atoms with Gasteiger partial charge in [-0.05, 0) is 37.9 Å². The first-order valence-electron chi connectivity index (χ1n) is 10.4. The molecule has 0 aromatic carbocycles. The van der Waals surface area contributed by atoms with E-state index in [2.05, 4.69) is 4.98 Å². The molecule has 0 unspecified atom stereocenters. The Labute approximate surface area is 184 Å². The van der Waals surface area contributed by atoms with E-state index in [-0.39, 0.29) is 28.5 Å². The summed E-state index contributed by atoms with van der Waals surface area (Å²) in [5.74, 6) is 0.938. The van der Waals surface area contributed by atoms with Crippen LogP contribution in [0.5, 0.6) is 0 Å². The summed E-state index contributed by atoms with van der Waals surface area (Å²) in [5, 5.41) is 0.297. The number of fused-ring (bicyclic) bond motifs is 2. The van der Waals surface area contributed by atoms with Gasteiger partial charge in [0.2, 0.25) is 0 Å². The van der Waals surface area contributed by atoms with E-state index < -0.39 is 4.75 Å². The second kappa shape index (κ2) is 7.58. The fourth-order valence-corrected chi connectivity index (χ4v) is 6.68. The Morgan fingerprint density at radius 3 is 2.70 bits per heavy atom. The minimum absolute atomic E-state index is 0.0253. The number of carbonyl (C=O) groups is 2. The standard InChI is InChI=1S/C21H24ClN3O4S/c22-18-13-9-29-11-20(6-7-28-10-20)16(13)24-19(25-18)15(23)12-3-1-5-21(17(12)27)14(26)4-2-8-30-21/h1-11,23H2/b15-12-/t20-,21+/m1/s1. The van der Waals surface area contributed by atoms with Crippen LogP contribution in [0.3, 0.4) is 0 Å². The number of nitrogens with zero attached hydrogens (tertiary/aromatic N) is 2. The van der Waals surface area contributed by atoms with Gasteiger partial charge in [0, 0.05) is 24.2 Å². The van der Waals surface area contributed by atoms with E-state index >= 15 is 0 Å². The summed E-state index contributed by atoms with van der Waals surface area (Å²) in [6, 6.07) is 0. The highest BCUT2D eigenvalue weighted by molar-refractivity contribution is 8.02. The number of hydrogen-bond donors (Lipinski definition) is 1. The molecule has 3 aliphatic heterocycles. The highest BCUT2D eigenvalue weighted by atomic mass is 35.5. The van der Waals surface area contributed by atoms with Crippen molar-refractivity contribution in [1.82, 2.24) is 9.97 Å². The van der Waals surface area contributed by atoms with Crippen LogP contribution in [0.1, 0.15) is 55.6 Å². The third kappa shape index (κ3) is 3.03. The molecule has 2 N–H and O–H groups in total. The average molecular weight is 450 g/mol. The van der Waals surface area contributed by atoms with Crippen LogP contribution >= 0.6 is 23.4 Å². The smallest absolute Gasteiger partial charge is 0.184 e. The fourth-order valence-electron chi connectivity index (χ4n) is 5.01. The first-order chi connectivity index (χ1) is 14.5. The molecule has 7 nitrogen and oxygen atoms in total. The zero-order chi connectivity index (χ0) is 20.9. The highest BCUT2D eigenvalue weighted by Gasteiger charge is 2.51. The van der Waals surface area contributed by atoms with Crippen molar-refractivity contribution in [1.29, 1.82) is 0 Å². The van der Waals surface area contributed by atoms with Gasteiger partial charge in [0.15, 0.2) is 17.4 Å². The van der Waals surface area contributed by atoms with Crippen LogP contribution in [0.4, 0.5) is 0 Å². The van der Waals surface area contributed by atoms with Crippen LogP contribution in [0.25, 0.3) is 5.70 Å². The predicted octanol–water partition coefficient (Wildman–Crippen LogP) is 2.58. The lowest BCUT2D eigenvalue weighted by molar-refractivity contribution is -0.130. The van der Waals surface area contributed by atoms with Gasteiger partial charge in [0.25, 0.3) is 0 Å². The number of nitrogens with two attached hydrogens (primary N) is 1. The van der Waals surface area contributed by atoms with Crippen LogP contribution in [0.15, 0.2) is 5.57 Å². The monoisotopic (exact) mass is 449 g/mol. The van der Waals surface area contributed by atoms with Gasteiger partial charge in [-0.15, -0.1) is 11.8 Å². The van der Waals surface area contributed by atoms with Crippen LogP contribution in [0, 0.1) is 0 Å². The van der Waals surface area contributed by atoms with Gasteiger partial charge in [0.1, 0.15) is 9.90 Å². The second-order valence-electron chi connectivity index (χ2n) is 8.52. The number of rotatable bonds is 1. The highest BCUT2D eigenvalue weighted by Crippen LogP contribution is 2.45. The summed E-state index contributed by atoms with van der Waals surface area (Å²) in [6.07, 6.45) is 3.91. The quantitative estimate of drug-likeness (QED) is 0.396. The summed E-state index contributed by atoms with van der Waals surface area (Å²) in [7, 11) is 0. The number of thioether (sulfide) groups is 1. The molecule has 2 spiro atoms. The zero-order valence-corrected chi connectivity index (χ0v) is 18.2. The molecular weight excluding hydrogens is 426 g/mol. The summed E-state index contributed by atoms with van der Waals surface area (Å²) in [4.78, 5) is 35.4. The normalized spacial score (nSPS) is 33.2. The molecule has 2 atom stereocenters. The van der Waals surface area contributed by atoms with Crippen LogP contribution in [-0.4, -0.2) is 51.9 Å². The van der Waals surface area contributed by atoms with Crippen molar-refractivity contribution in [2.75, 3.05) is 25.6 Å². The Bertz CT molecular complexity index is 956. The third-order valence-corrected chi connectivity index (χ3v) is 8.61. The summed E-state index contributed by atoms with van der Waals surface area (Å²) < 4.78 is 10.4. The van der Waals surface area contributed by atoms with E-state index in [1.54, 1.807) is 0 Å². The van der Waals surface area contributed by atoms with Crippen molar-refractivity contribution >= 4 is 40.6 Å². The molecule has 0 radical (unpaired) electrons. The van der Waals surface area contributed by atoms with Gasteiger partial charge in [-0.3, -0.25) is 9.59 Å². The number of hydrogen-bond acceptors (Lipinski definition) is 8. The lowest BCUT2D eigenvalue weighted by Gasteiger charge is -2.38. The molecule has 1 aromatic heterocycles. The molecule has 1 aromatic rings. The fraction of sp³-hybridized carbons (Fsp3) is 0.619. The molecule has 30 heavy (non-hydrogen) atoms. The Kier molecular flexibility index (Phi) is 5.16. The molecule has 0 amide bonds. The van der Waals surface area contributed by atoms with Gasteiger partial charge in [-0.25, -0.2) is 9.97 Å². The van der Waals surface area contributed by atoms with Gasteiger partial charge in [-0.1, -0.05) is 11.6 Å². The molecule has 3 fully saturated rings. The maximum Gasteiger partial charge on any atom is 0.184 e. The van der Waals surface area contributed by atoms with Crippen molar-refractivity contribution in [2.24, 2.45) is 5.73 Å². The van der Waals surface area contributed by atoms with Crippen LogP contribution in [0.2, 0.25) is 5.15 Å². The molecule has 2 saturated heterocycles. The molecule has 4 aliphatic rings. The van der Waals surface area contributed by atoms with Crippen LogP contribution in [-0.2, 0) is 31.1 Å². The molecule has 160 valence electrons. The Balaban J connectivity index is 1.59. The minimum atomic E-state index is -0.983. The predicted molar refractivity (Wildman–Crippen MR) is 113 cm³/mol. The summed E-state index contributed by atoms with van der Waals surface area (Å²) >= 11 is 7.97. The lowest BCUT2D eigenvalue weighted by atomic mass is 9.78. The van der Waals surface area contributed by atoms with Crippen LogP contribution < -0.4 is 5.73 Å². The van der Waals surface area contributed by atoms with Gasteiger partial charge in [-0.2, -0.15) is 0 Å². The number of ether oxygens (including phenoxy) is 2. The van der Waals surface area contributed by atoms with Gasteiger partial charge < -0.3 is 15.2 Å². The minimum Gasteiger partial charge on any atom is -0.395 e. The van der Waals surface area contributed by atoms with Crippen molar-refractivity contribution in [3.8, 4) is 0 Å². The Hall–Kier alpha value is -1.48. The number of carbonyl (C=O) groups excluding carboxylic acids is 2. The molecule has 1 aliphatic carbocycles. The van der Waals surface area contributed by atoms with E-state index in [1.165, 1.54) is 11.8 Å². The lowest BCUT2D eigenvalue weighted by Crippen LogP contribution is -2.49. The Morgan fingerprint density at radius 1 is 1.10 bits per heavy atom. The molecule has 1 saturated carbocycles. The van der Waals surface area contributed by atoms with Gasteiger partial charge >= 0.3 is 0 Å². The number of ketones is 2. The zero-order valence-electron chi connectivity index (χ0n) is 16.7. The topological polar surface area (TPSA) is 104 Å². The molecule has 4 heterocycles. The van der Waals surface area contributed by atoms with Crippen molar-refractivity contribution < 1.29 is 19.1 Å². The van der Waals surface area contributed by atoms with Crippen molar-refractivity contribution in [2.45, 2.75) is 55.3 Å². The van der Waals surface area contributed by atoms with Crippen molar-refractivity contribution in [3.63, 3.8) is 0 Å². The molecular formula is C21H24ClN3O4S. The first-order valence-corrected chi connectivity index (χ1v) is 11.8. The van der Waals surface area contributed by atoms with E-state index in [0.717, 1.165) is 36.3 Å². The number of Topliss-reactive ketones (excluding diaryl/α,β-unsaturated/α-hetero) is 2. The average Bonchev–Trinajstić information content (AvgIpc) is 3.21. The maximum absolute atomic E-state index is 13.4. The van der Waals surface area contributed by atoms with E-state index in [9.17, 15) is 9.59 Å². The largest absolute Gasteiger partial charge is 0.395 e. The molecule has 9 heteroatoms. The first kappa shape index (κ1) is 20.4. The number of allylic oxidation sites excluding steroid dienone is 1. The summed E-state index contributed by atoms with van der Waals surface area (Å²) in [6.45, 7) is 2.00. The molecule has 5 rings (SSSR count).